The smallest absolute Gasteiger partial charge is 0.216 e. The molecule has 2 heterocycles. The first kappa shape index (κ1) is 17.7. The monoisotopic (exact) mass is 396 g/mol. The Kier molecular flexibility index (Phi) is 5.57. The van der Waals surface area contributed by atoms with Crippen LogP contribution in [0.15, 0.2) is 39.9 Å². The number of H-pyrrole nitrogens is 1. The lowest BCUT2D eigenvalue weighted by Gasteiger charge is -2.05. The summed E-state index contributed by atoms with van der Waals surface area (Å²) in [5, 5.41) is 12.0. The number of nitrogens with zero attached hydrogens (tertiary/aromatic N) is 3. The maximum absolute atomic E-state index is 5.96. The molecular weight excluding hydrogens is 383 g/mol. The molecule has 0 radical (unpaired) electrons. The number of hydrogen-bond donors (Lipinski definition) is 1. The van der Waals surface area contributed by atoms with E-state index in [0.717, 1.165) is 5.82 Å². The first-order chi connectivity index (χ1) is 12.1. The highest BCUT2D eigenvalue weighted by molar-refractivity contribution is 7.71. The van der Waals surface area contributed by atoms with Gasteiger partial charge in [0.25, 0.3) is 0 Å². The van der Waals surface area contributed by atoms with E-state index in [2.05, 4.69) is 15.3 Å². The highest BCUT2D eigenvalue weighted by atomic mass is 35.5. The Bertz CT molecular complexity index is 961. The molecule has 0 aliphatic rings. The standard InChI is InChI=1S/C16H14Cl2N4O2S/c1-2-15-20-21-16(25)22(15)19-8-11-3-4-12(24-11)9-23-10-5-6-13(17)14(18)7-10/h3-8H,2,9H2,1H3,(H,21,25)/b19-8+. The van der Waals surface area contributed by atoms with Crippen molar-refractivity contribution in [3.63, 3.8) is 0 Å². The molecule has 0 unspecified atom stereocenters. The van der Waals surface area contributed by atoms with Crippen LogP contribution in [-0.4, -0.2) is 21.1 Å². The molecule has 1 aromatic carbocycles. The summed E-state index contributed by atoms with van der Waals surface area (Å²) in [6, 6.07) is 8.69. The van der Waals surface area contributed by atoms with Crippen LogP contribution in [0.25, 0.3) is 0 Å². The first-order valence-corrected chi connectivity index (χ1v) is 8.60. The normalized spacial score (nSPS) is 11.3. The van der Waals surface area contributed by atoms with Gasteiger partial charge in [-0.05, 0) is 36.5 Å². The molecule has 9 heteroatoms. The lowest BCUT2D eigenvalue weighted by molar-refractivity contribution is 0.270. The van der Waals surface area contributed by atoms with E-state index in [9.17, 15) is 0 Å². The van der Waals surface area contributed by atoms with E-state index < -0.39 is 0 Å². The van der Waals surface area contributed by atoms with E-state index in [1.165, 1.54) is 0 Å². The number of aromatic amines is 1. The summed E-state index contributed by atoms with van der Waals surface area (Å²) in [6.07, 6.45) is 2.29. The van der Waals surface area contributed by atoms with Crippen LogP contribution in [-0.2, 0) is 13.0 Å². The summed E-state index contributed by atoms with van der Waals surface area (Å²) in [7, 11) is 0. The zero-order valence-electron chi connectivity index (χ0n) is 13.2. The van der Waals surface area contributed by atoms with Crippen LogP contribution in [0.1, 0.15) is 24.3 Å². The molecule has 1 N–H and O–H groups in total. The summed E-state index contributed by atoms with van der Waals surface area (Å²) in [5.41, 5.74) is 0. The topological polar surface area (TPSA) is 68.3 Å². The van der Waals surface area contributed by atoms with E-state index in [-0.39, 0.29) is 6.61 Å². The molecule has 0 bridgehead atoms. The lowest BCUT2D eigenvalue weighted by Crippen LogP contribution is -1.97. The van der Waals surface area contributed by atoms with Crippen molar-refractivity contribution in [1.29, 1.82) is 0 Å². The predicted octanol–water partition coefficient (Wildman–Crippen LogP) is 4.86. The highest BCUT2D eigenvalue weighted by Crippen LogP contribution is 2.26. The lowest BCUT2D eigenvalue weighted by atomic mass is 10.3. The molecule has 0 aliphatic carbocycles. The van der Waals surface area contributed by atoms with Gasteiger partial charge in [0.15, 0.2) is 5.82 Å². The largest absolute Gasteiger partial charge is 0.486 e. The fourth-order valence-electron chi connectivity index (χ4n) is 2.05. The maximum Gasteiger partial charge on any atom is 0.216 e. The molecular formula is C16H14Cl2N4O2S. The van der Waals surface area contributed by atoms with Gasteiger partial charge in [-0.1, -0.05) is 30.1 Å². The number of nitrogens with one attached hydrogen (secondary N) is 1. The summed E-state index contributed by atoms with van der Waals surface area (Å²) in [6.45, 7) is 2.24. The van der Waals surface area contributed by atoms with Gasteiger partial charge in [-0.15, -0.1) is 0 Å². The molecule has 6 nitrogen and oxygen atoms in total. The zero-order chi connectivity index (χ0) is 17.8. The second-order valence-corrected chi connectivity index (χ2v) is 6.22. The third-order valence-corrected chi connectivity index (χ3v) is 4.29. The van der Waals surface area contributed by atoms with E-state index in [1.807, 2.05) is 13.0 Å². The van der Waals surface area contributed by atoms with Gasteiger partial charge in [-0.25, -0.2) is 0 Å². The molecule has 0 saturated heterocycles. The van der Waals surface area contributed by atoms with E-state index in [1.54, 1.807) is 35.2 Å². The Morgan fingerprint density at radius 1 is 1.32 bits per heavy atom. The summed E-state index contributed by atoms with van der Waals surface area (Å²) >= 11 is 17.0. The Balaban J connectivity index is 1.66. The van der Waals surface area contributed by atoms with Crippen molar-refractivity contribution in [3.05, 3.63) is 62.5 Å². The Hall–Kier alpha value is -2.09. The summed E-state index contributed by atoms with van der Waals surface area (Å²) < 4.78 is 13.3. The number of benzene rings is 1. The van der Waals surface area contributed by atoms with Crippen molar-refractivity contribution in [1.82, 2.24) is 14.9 Å². The van der Waals surface area contributed by atoms with Gasteiger partial charge in [-0.2, -0.15) is 14.9 Å². The molecule has 130 valence electrons. The molecule has 0 fully saturated rings. The molecule has 0 amide bonds. The summed E-state index contributed by atoms with van der Waals surface area (Å²) in [5.74, 6) is 2.59. The Labute approximate surface area is 159 Å². The first-order valence-electron chi connectivity index (χ1n) is 7.44. The summed E-state index contributed by atoms with van der Waals surface area (Å²) in [4.78, 5) is 0. The van der Waals surface area contributed by atoms with Gasteiger partial charge in [0, 0.05) is 12.5 Å². The Morgan fingerprint density at radius 3 is 2.92 bits per heavy atom. The predicted molar refractivity (Wildman–Crippen MR) is 99.3 cm³/mol. The molecule has 0 spiro atoms. The second-order valence-electron chi connectivity index (χ2n) is 5.02. The number of aromatic nitrogens is 3. The second kappa shape index (κ2) is 7.86. The Morgan fingerprint density at radius 2 is 2.16 bits per heavy atom. The van der Waals surface area contributed by atoms with Crippen molar-refractivity contribution >= 4 is 41.6 Å². The van der Waals surface area contributed by atoms with Gasteiger partial charge in [-0.3, -0.25) is 5.10 Å². The average molecular weight is 397 g/mol. The zero-order valence-corrected chi connectivity index (χ0v) is 15.5. The number of hydrogen-bond acceptors (Lipinski definition) is 5. The van der Waals surface area contributed by atoms with Crippen LogP contribution in [0.4, 0.5) is 0 Å². The van der Waals surface area contributed by atoms with Crippen LogP contribution in [0.5, 0.6) is 5.75 Å². The van der Waals surface area contributed by atoms with Crippen molar-refractivity contribution in [2.24, 2.45) is 5.10 Å². The third kappa shape index (κ3) is 4.31. The number of halogens is 2. The quantitative estimate of drug-likeness (QED) is 0.476. The number of furan rings is 1. The van der Waals surface area contributed by atoms with E-state index >= 15 is 0 Å². The highest BCUT2D eigenvalue weighted by Gasteiger charge is 2.05. The van der Waals surface area contributed by atoms with E-state index in [4.69, 9.17) is 44.6 Å². The van der Waals surface area contributed by atoms with Crippen molar-refractivity contribution in [3.8, 4) is 5.75 Å². The molecule has 2 aromatic heterocycles. The SMILES string of the molecule is CCc1n[nH]c(=S)n1/N=C/c1ccc(COc2ccc(Cl)c(Cl)c2)o1. The minimum absolute atomic E-state index is 0.261. The molecule has 3 aromatic rings. The molecule has 0 saturated carbocycles. The molecule has 0 aliphatic heterocycles. The van der Waals surface area contributed by atoms with Gasteiger partial charge in [0.05, 0.1) is 16.3 Å². The van der Waals surface area contributed by atoms with Gasteiger partial charge in [0.2, 0.25) is 4.77 Å². The van der Waals surface area contributed by atoms with Crippen LogP contribution < -0.4 is 4.74 Å². The van der Waals surface area contributed by atoms with E-state index in [0.29, 0.717) is 38.5 Å². The van der Waals surface area contributed by atoms with Gasteiger partial charge >= 0.3 is 0 Å². The van der Waals surface area contributed by atoms with Crippen molar-refractivity contribution in [2.45, 2.75) is 20.0 Å². The maximum atomic E-state index is 5.96. The van der Waals surface area contributed by atoms with Crippen LogP contribution in [0.3, 0.4) is 0 Å². The molecule has 3 rings (SSSR count). The number of rotatable bonds is 6. The molecule has 25 heavy (non-hydrogen) atoms. The van der Waals surface area contributed by atoms with Gasteiger partial charge in [0.1, 0.15) is 23.9 Å². The minimum atomic E-state index is 0.261. The fourth-order valence-corrected chi connectivity index (χ4v) is 2.54. The van der Waals surface area contributed by atoms with Gasteiger partial charge < -0.3 is 9.15 Å². The third-order valence-electron chi connectivity index (χ3n) is 3.29. The molecule has 0 atom stereocenters. The van der Waals surface area contributed by atoms with Crippen molar-refractivity contribution < 1.29 is 9.15 Å². The van der Waals surface area contributed by atoms with Crippen LogP contribution in [0.2, 0.25) is 10.0 Å². The average Bonchev–Trinajstić information content (AvgIpc) is 3.20. The number of ether oxygens (including phenoxy) is 1. The minimum Gasteiger partial charge on any atom is -0.486 e. The number of aryl methyl sites for hydroxylation is 1. The van der Waals surface area contributed by atoms with Crippen LogP contribution >= 0.6 is 35.4 Å². The van der Waals surface area contributed by atoms with Crippen LogP contribution in [0, 0.1) is 4.77 Å². The van der Waals surface area contributed by atoms with Crippen molar-refractivity contribution in [2.75, 3.05) is 0 Å². The fraction of sp³-hybridized carbons (Fsp3) is 0.188.